The maximum atomic E-state index is 9.38. The fourth-order valence-corrected chi connectivity index (χ4v) is 3.44. The third-order valence-corrected chi connectivity index (χ3v) is 4.78. The van der Waals surface area contributed by atoms with Crippen LogP contribution in [-0.4, -0.2) is 17.7 Å². The molecule has 1 fully saturated rings. The molecule has 3 rings (SSSR count). The first kappa shape index (κ1) is 15.1. The van der Waals surface area contributed by atoms with Gasteiger partial charge in [0.15, 0.2) is 0 Å². The number of hydrogen-bond donors (Lipinski definition) is 2. The Hall–Kier alpha value is -1.80. The van der Waals surface area contributed by atoms with Crippen LogP contribution in [0.25, 0.3) is 0 Å². The third kappa shape index (κ3) is 4.11. The Morgan fingerprint density at radius 1 is 0.864 bits per heavy atom. The second-order valence-corrected chi connectivity index (χ2v) is 6.33. The molecule has 0 atom stereocenters. The Bertz CT molecular complexity index is 556. The van der Waals surface area contributed by atoms with E-state index in [2.05, 4.69) is 47.8 Å². The Balaban J connectivity index is 1.41. The zero-order valence-corrected chi connectivity index (χ0v) is 13.0. The van der Waals surface area contributed by atoms with Crippen LogP contribution >= 0.6 is 0 Å². The summed E-state index contributed by atoms with van der Waals surface area (Å²) in [7, 11) is 0. The smallest absolute Gasteiger partial charge is 0.115 e. The van der Waals surface area contributed by atoms with Crippen LogP contribution in [0.15, 0.2) is 54.6 Å². The topological polar surface area (TPSA) is 32.3 Å². The predicted octanol–water partition coefficient (Wildman–Crippen LogP) is 4.25. The first-order valence-electron chi connectivity index (χ1n) is 8.37. The zero-order chi connectivity index (χ0) is 15.2. The fourth-order valence-electron chi connectivity index (χ4n) is 3.44. The average molecular weight is 295 g/mol. The van der Waals surface area contributed by atoms with Crippen molar-refractivity contribution in [3.8, 4) is 5.75 Å². The van der Waals surface area contributed by atoms with Gasteiger partial charge in [0.05, 0.1) is 0 Å². The van der Waals surface area contributed by atoms with Gasteiger partial charge >= 0.3 is 0 Å². The maximum absolute atomic E-state index is 9.38. The van der Waals surface area contributed by atoms with Gasteiger partial charge in [-0.3, -0.25) is 0 Å². The highest BCUT2D eigenvalue weighted by molar-refractivity contribution is 5.28. The van der Waals surface area contributed by atoms with Crippen LogP contribution in [0, 0.1) is 0 Å². The van der Waals surface area contributed by atoms with Gasteiger partial charge in [-0.2, -0.15) is 0 Å². The number of phenolic OH excluding ortho intramolecular Hbond substituents is 1. The van der Waals surface area contributed by atoms with Gasteiger partial charge in [0.2, 0.25) is 0 Å². The molecule has 0 aliphatic heterocycles. The van der Waals surface area contributed by atoms with Gasteiger partial charge in [0.1, 0.15) is 5.75 Å². The van der Waals surface area contributed by atoms with Gasteiger partial charge in [-0.15, -0.1) is 0 Å². The van der Waals surface area contributed by atoms with E-state index in [1.165, 1.54) is 36.8 Å². The molecule has 0 unspecified atom stereocenters. The predicted molar refractivity (Wildman–Crippen MR) is 91.3 cm³/mol. The second kappa shape index (κ2) is 7.46. The first-order valence-corrected chi connectivity index (χ1v) is 8.37. The molecule has 2 N–H and O–H groups in total. The van der Waals surface area contributed by atoms with Crippen LogP contribution in [0.5, 0.6) is 5.75 Å². The lowest BCUT2D eigenvalue weighted by Gasteiger charge is -2.29. The summed E-state index contributed by atoms with van der Waals surface area (Å²) in [6.45, 7) is 1.07. The van der Waals surface area contributed by atoms with Crippen molar-refractivity contribution in [2.24, 2.45) is 0 Å². The minimum Gasteiger partial charge on any atom is -0.508 e. The van der Waals surface area contributed by atoms with Gasteiger partial charge in [0, 0.05) is 6.04 Å². The Morgan fingerprint density at radius 2 is 1.55 bits per heavy atom. The summed E-state index contributed by atoms with van der Waals surface area (Å²) in [6.07, 6.45) is 6.10. The molecule has 1 aliphatic carbocycles. The fraction of sp³-hybridized carbons (Fsp3) is 0.400. The molecule has 2 aromatic carbocycles. The SMILES string of the molecule is Oc1ccc([C@H]2CC[C@@H](NCCc3ccccc3)CC2)cc1. The first-order chi connectivity index (χ1) is 10.8. The van der Waals surface area contributed by atoms with Crippen LogP contribution in [0.3, 0.4) is 0 Å². The summed E-state index contributed by atoms with van der Waals surface area (Å²) >= 11 is 0. The normalized spacial score (nSPS) is 21.6. The quantitative estimate of drug-likeness (QED) is 0.864. The molecule has 2 heteroatoms. The third-order valence-electron chi connectivity index (χ3n) is 4.78. The van der Waals surface area contributed by atoms with Crippen molar-refractivity contribution >= 4 is 0 Å². The molecule has 0 radical (unpaired) electrons. The Morgan fingerprint density at radius 3 is 2.23 bits per heavy atom. The second-order valence-electron chi connectivity index (χ2n) is 6.33. The van der Waals surface area contributed by atoms with E-state index in [-0.39, 0.29) is 0 Å². The minimum atomic E-state index is 0.361. The molecule has 1 aliphatic rings. The van der Waals surface area contributed by atoms with Crippen molar-refractivity contribution in [2.75, 3.05) is 6.54 Å². The number of benzene rings is 2. The lowest BCUT2D eigenvalue weighted by atomic mass is 9.81. The van der Waals surface area contributed by atoms with Crippen LogP contribution in [-0.2, 0) is 6.42 Å². The molecule has 0 saturated heterocycles. The average Bonchev–Trinajstić information content (AvgIpc) is 2.57. The van der Waals surface area contributed by atoms with E-state index >= 15 is 0 Å². The highest BCUT2D eigenvalue weighted by Gasteiger charge is 2.21. The zero-order valence-electron chi connectivity index (χ0n) is 13.0. The van der Waals surface area contributed by atoms with Gasteiger partial charge in [-0.25, -0.2) is 0 Å². The summed E-state index contributed by atoms with van der Waals surface area (Å²) in [4.78, 5) is 0. The van der Waals surface area contributed by atoms with E-state index in [1.54, 1.807) is 12.1 Å². The molecule has 0 aromatic heterocycles. The van der Waals surface area contributed by atoms with Crippen molar-refractivity contribution in [3.05, 3.63) is 65.7 Å². The summed E-state index contributed by atoms with van der Waals surface area (Å²) in [5, 5.41) is 13.1. The number of nitrogens with one attached hydrogen (secondary N) is 1. The van der Waals surface area contributed by atoms with E-state index < -0.39 is 0 Å². The highest BCUT2D eigenvalue weighted by Crippen LogP contribution is 2.33. The lowest BCUT2D eigenvalue weighted by Crippen LogP contribution is -2.34. The summed E-state index contributed by atoms with van der Waals surface area (Å²) in [6, 6.07) is 19.1. The monoisotopic (exact) mass is 295 g/mol. The number of phenols is 1. The molecule has 116 valence electrons. The molecule has 1 saturated carbocycles. The molecule has 2 nitrogen and oxygen atoms in total. The van der Waals surface area contributed by atoms with Crippen molar-refractivity contribution in [1.82, 2.24) is 5.32 Å². The molecular weight excluding hydrogens is 270 g/mol. The van der Waals surface area contributed by atoms with Gasteiger partial charge < -0.3 is 10.4 Å². The van der Waals surface area contributed by atoms with E-state index in [4.69, 9.17) is 0 Å². The van der Waals surface area contributed by atoms with Crippen molar-refractivity contribution in [1.29, 1.82) is 0 Å². The van der Waals surface area contributed by atoms with E-state index in [1.807, 2.05) is 0 Å². The standard InChI is InChI=1S/C20H25NO/c22-20-12-8-18(9-13-20)17-6-10-19(11-7-17)21-15-14-16-4-2-1-3-5-16/h1-5,8-9,12-13,17,19,21-22H,6-7,10-11,14-15H2/t17-,19+. The number of aromatic hydroxyl groups is 1. The molecule has 22 heavy (non-hydrogen) atoms. The molecule has 2 aromatic rings. The minimum absolute atomic E-state index is 0.361. The summed E-state index contributed by atoms with van der Waals surface area (Å²) in [5.74, 6) is 1.02. The number of rotatable bonds is 5. The van der Waals surface area contributed by atoms with E-state index in [0.717, 1.165) is 13.0 Å². The Labute approximate surface area is 133 Å². The molecular formula is C20H25NO. The van der Waals surface area contributed by atoms with E-state index in [9.17, 15) is 5.11 Å². The lowest BCUT2D eigenvalue weighted by molar-refractivity contribution is 0.344. The summed E-state index contributed by atoms with van der Waals surface area (Å²) < 4.78 is 0. The summed E-state index contributed by atoms with van der Waals surface area (Å²) in [5.41, 5.74) is 2.79. The Kier molecular flexibility index (Phi) is 5.12. The largest absolute Gasteiger partial charge is 0.508 e. The maximum Gasteiger partial charge on any atom is 0.115 e. The molecule has 0 bridgehead atoms. The van der Waals surface area contributed by atoms with Crippen molar-refractivity contribution in [2.45, 2.75) is 44.1 Å². The van der Waals surface area contributed by atoms with Gasteiger partial charge in [-0.1, -0.05) is 42.5 Å². The van der Waals surface area contributed by atoms with Crippen LogP contribution in [0.4, 0.5) is 0 Å². The highest BCUT2D eigenvalue weighted by atomic mass is 16.3. The number of hydrogen-bond acceptors (Lipinski definition) is 2. The van der Waals surface area contributed by atoms with Crippen LogP contribution in [0.1, 0.15) is 42.7 Å². The van der Waals surface area contributed by atoms with Crippen LogP contribution < -0.4 is 5.32 Å². The van der Waals surface area contributed by atoms with Crippen molar-refractivity contribution in [3.63, 3.8) is 0 Å². The molecule has 0 amide bonds. The van der Waals surface area contributed by atoms with Crippen LogP contribution in [0.2, 0.25) is 0 Å². The van der Waals surface area contributed by atoms with Crippen molar-refractivity contribution < 1.29 is 5.11 Å². The molecule has 0 heterocycles. The van der Waals surface area contributed by atoms with Gasteiger partial charge in [0.25, 0.3) is 0 Å². The molecule has 0 spiro atoms. The van der Waals surface area contributed by atoms with E-state index in [0.29, 0.717) is 17.7 Å². The van der Waals surface area contributed by atoms with Gasteiger partial charge in [-0.05, 0) is 67.8 Å².